The van der Waals surface area contributed by atoms with Gasteiger partial charge in [-0.1, -0.05) is 66.4 Å². The van der Waals surface area contributed by atoms with Gasteiger partial charge in [0.05, 0.1) is 12.7 Å². The second-order valence-electron chi connectivity index (χ2n) is 9.09. The van der Waals surface area contributed by atoms with Crippen LogP contribution in [0.5, 0.6) is 5.75 Å². The van der Waals surface area contributed by atoms with Crippen LogP contribution >= 0.6 is 11.8 Å². The van der Waals surface area contributed by atoms with Crippen molar-refractivity contribution in [3.8, 4) is 5.75 Å². The number of methoxy groups -OCH3 is 1. The minimum absolute atomic E-state index is 0.0554. The number of hydroxylamine groups is 1. The fraction of sp³-hybridized carbons (Fsp3) is 0.276. The number of thioether (sulfide) groups is 1. The molecule has 0 bridgehead atoms. The molecule has 1 N–H and O–H groups in total. The van der Waals surface area contributed by atoms with Gasteiger partial charge in [-0.15, -0.1) is 0 Å². The summed E-state index contributed by atoms with van der Waals surface area (Å²) in [5.41, 5.74) is 5.65. The van der Waals surface area contributed by atoms with Crippen molar-refractivity contribution in [1.82, 2.24) is 5.48 Å². The van der Waals surface area contributed by atoms with E-state index in [1.807, 2.05) is 63.2 Å². The summed E-state index contributed by atoms with van der Waals surface area (Å²) in [6, 6.07) is 26.7. The average molecular weight is 476 g/mol. The molecule has 0 saturated heterocycles. The van der Waals surface area contributed by atoms with E-state index in [1.54, 1.807) is 18.9 Å². The number of benzene rings is 3. The Bertz CT molecular complexity index is 1060. The Hall–Kier alpha value is -3.02. The largest absolute Gasteiger partial charge is 0.497 e. The van der Waals surface area contributed by atoms with Gasteiger partial charge in [0.15, 0.2) is 0 Å². The maximum absolute atomic E-state index is 12.6. The number of hydrogen-bond donors (Lipinski definition) is 1. The van der Waals surface area contributed by atoms with E-state index in [0.717, 1.165) is 28.2 Å². The molecule has 0 aromatic heterocycles. The first-order chi connectivity index (χ1) is 16.3. The Morgan fingerprint density at radius 3 is 2.26 bits per heavy atom. The topological polar surface area (TPSA) is 47.6 Å². The monoisotopic (exact) mass is 475 g/mol. The SMILES string of the molecule is COc1ccc(C=CSc2ccc(C(CC(=O)NOC(C)(C)C)Cc3ccccc3)cc2)cc1. The highest BCUT2D eigenvalue weighted by atomic mass is 32.2. The van der Waals surface area contributed by atoms with Crippen molar-refractivity contribution >= 4 is 23.7 Å². The highest BCUT2D eigenvalue weighted by molar-refractivity contribution is 8.02. The van der Waals surface area contributed by atoms with Crippen LogP contribution in [0.25, 0.3) is 6.08 Å². The van der Waals surface area contributed by atoms with Crippen LogP contribution in [-0.4, -0.2) is 18.6 Å². The first-order valence-electron chi connectivity index (χ1n) is 11.4. The summed E-state index contributed by atoms with van der Waals surface area (Å²) in [6.45, 7) is 5.73. The highest BCUT2D eigenvalue weighted by Gasteiger charge is 2.19. The van der Waals surface area contributed by atoms with Gasteiger partial charge in [-0.25, -0.2) is 5.48 Å². The van der Waals surface area contributed by atoms with E-state index in [9.17, 15) is 4.79 Å². The van der Waals surface area contributed by atoms with Gasteiger partial charge >= 0.3 is 0 Å². The third kappa shape index (κ3) is 8.73. The van der Waals surface area contributed by atoms with Crippen molar-refractivity contribution in [1.29, 1.82) is 0 Å². The molecule has 34 heavy (non-hydrogen) atoms. The quantitative estimate of drug-likeness (QED) is 0.253. The Labute approximate surface area is 207 Å². The van der Waals surface area contributed by atoms with Crippen LogP contribution in [0.2, 0.25) is 0 Å². The molecule has 3 aromatic rings. The van der Waals surface area contributed by atoms with Gasteiger partial charge in [0.25, 0.3) is 0 Å². The summed E-state index contributed by atoms with van der Waals surface area (Å²) in [6.07, 6.45) is 3.22. The molecular formula is C29H33NO3S. The van der Waals surface area contributed by atoms with Gasteiger partial charge in [-0.2, -0.15) is 0 Å². The van der Waals surface area contributed by atoms with Crippen LogP contribution in [-0.2, 0) is 16.1 Å². The van der Waals surface area contributed by atoms with Gasteiger partial charge in [-0.3, -0.25) is 9.63 Å². The summed E-state index contributed by atoms with van der Waals surface area (Å²) in [7, 11) is 1.67. The summed E-state index contributed by atoms with van der Waals surface area (Å²) in [5.74, 6) is 0.792. The van der Waals surface area contributed by atoms with E-state index >= 15 is 0 Å². The lowest BCUT2D eigenvalue weighted by Gasteiger charge is -2.21. The molecule has 1 atom stereocenters. The van der Waals surface area contributed by atoms with E-state index in [2.05, 4.69) is 53.4 Å². The van der Waals surface area contributed by atoms with Crippen LogP contribution in [0.1, 0.15) is 49.8 Å². The number of carbonyl (C=O) groups is 1. The number of nitrogens with one attached hydrogen (secondary N) is 1. The molecular weight excluding hydrogens is 442 g/mol. The van der Waals surface area contributed by atoms with Crippen molar-refractivity contribution in [2.45, 2.75) is 50.0 Å². The number of hydrogen-bond acceptors (Lipinski definition) is 4. The fourth-order valence-corrected chi connectivity index (χ4v) is 4.08. The maximum atomic E-state index is 12.6. The Morgan fingerprint density at radius 2 is 1.65 bits per heavy atom. The summed E-state index contributed by atoms with van der Waals surface area (Å²) in [4.78, 5) is 19.2. The van der Waals surface area contributed by atoms with E-state index in [1.165, 1.54) is 5.56 Å². The Balaban J connectivity index is 1.66. The molecule has 0 heterocycles. The molecule has 0 fully saturated rings. The third-order valence-electron chi connectivity index (χ3n) is 5.16. The Kier molecular flexibility index (Phi) is 9.37. The standard InChI is InChI=1S/C29H33NO3S/c1-29(2,3)33-30-28(31)21-25(20-23-8-6-5-7-9-23)24-12-16-27(17-13-24)34-19-18-22-10-14-26(32-4)15-11-22/h5-19,25H,20-21H2,1-4H3,(H,30,31). The van der Waals surface area contributed by atoms with Crippen LogP contribution in [0.4, 0.5) is 0 Å². The minimum atomic E-state index is -0.428. The van der Waals surface area contributed by atoms with Crippen LogP contribution in [0.3, 0.4) is 0 Å². The van der Waals surface area contributed by atoms with Crippen molar-refractivity contribution in [2.24, 2.45) is 0 Å². The van der Waals surface area contributed by atoms with Crippen molar-refractivity contribution in [3.05, 3.63) is 101 Å². The molecule has 0 aliphatic carbocycles. The van der Waals surface area contributed by atoms with Gasteiger partial charge in [0.1, 0.15) is 5.75 Å². The molecule has 0 aliphatic heterocycles. The molecule has 0 radical (unpaired) electrons. The van der Waals surface area contributed by atoms with Gasteiger partial charge in [0, 0.05) is 11.3 Å². The molecule has 0 saturated carbocycles. The summed E-state index contributed by atoms with van der Waals surface area (Å²) >= 11 is 1.66. The van der Waals surface area contributed by atoms with E-state index in [0.29, 0.717) is 6.42 Å². The molecule has 1 unspecified atom stereocenters. The first kappa shape index (κ1) is 25.6. The third-order valence-corrected chi connectivity index (χ3v) is 5.98. The molecule has 0 spiro atoms. The smallest absolute Gasteiger partial charge is 0.244 e. The first-order valence-corrected chi connectivity index (χ1v) is 12.3. The number of carbonyl (C=O) groups excluding carboxylic acids is 1. The zero-order valence-electron chi connectivity index (χ0n) is 20.3. The van der Waals surface area contributed by atoms with Crippen LogP contribution in [0, 0.1) is 0 Å². The van der Waals surface area contributed by atoms with E-state index in [4.69, 9.17) is 9.57 Å². The van der Waals surface area contributed by atoms with Crippen molar-refractivity contribution in [3.63, 3.8) is 0 Å². The fourth-order valence-electron chi connectivity index (χ4n) is 3.41. The minimum Gasteiger partial charge on any atom is -0.497 e. The highest BCUT2D eigenvalue weighted by Crippen LogP contribution is 2.28. The van der Waals surface area contributed by atoms with Crippen LogP contribution < -0.4 is 10.2 Å². The van der Waals surface area contributed by atoms with Crippen molar-refractivity contribution in [2.75, 3.05) is 7.11 Å². The zero-order chi connectivity index (χ0) is 24.4. The number of ether oxygens (including phenoxy) is 1. The molecule has 5 heteroatoms. The molecule has 3 aromatic carbocycles. The molecule has 178 valence electrons. The second kappa shape index (κ2) is 12.4. The van der Waals surface area contributed by atoms with Gasteiger partial charge in [-0.05, 0) is 85.5 Å². The van der Waals surface area contributed by atoms with E-state index in [-0.39, 0.29) is 11.8 Å². The van der Waals surface area contributed by atoms with Gasteiger partial charge < -0.3 is 4.74 Å². The predicted molar refractivity (Wildman–Crippen MR) is 141 cm³/mol. The molecule has 0 aliphatic rings. The Morgan fingerprint density at radius 1 is 0.971 bits per heavy atom. The maximum Gasteiger partial charge on any atom is 0.244 e. The lowest BCUT2D eigenvalue weighted by molar-refractivity contribution is -0.146. The molecule has 3 rings (SSSR count). The molecule has 4 nitrogen and oxygen atoms in total. The zero-order valence-corrected chi connectivity index (χ0v) is 21.1. The normalized spacial score (nSPS) is 12.5. The second-order valence-corrected chi connectivity index (χ2v) is 10.1. The lowest BCUT2D eigenvalue weighted by Crippen LogP contribution is -2.34. The predicted octanol–water partition coefficient (Wildman–Crippen LogP) is 7.02. The average Bonchev–Trinajstić information content (AvgIpc) is 2.83. The number of rotatable bonds is 10. The van der Waals surface area contributed by atoms with Crippen molar-refractivity contribution < 1.29 is 14.4 Å². The summed E-state index contributed by atoms with van der Waals surface area (Å²) < 4.78 is 5.20. The number of amides is 1. The van der Waals surface area contributed by atoms with Crippen LogP contribution in [0.15, 0.2) is 89.2 Å². The lowest BCUT2D eigenvalue weighted by atomic mass is 9.89. The van der Waals surface area contributed by atoms with E-state index < -0.39 is 5.60 Å². The summed E-state index contributed by atoms with van der Waals surface area (Å²) in [5, 5.41) is 2.08. The molecule has 1 amide bonds. The van der Waals surface area contributed by atoms with Gasteiger partial charge in [0.2, 0.25) is 5.91 Å².